The number of nitrogens with zero attached hydrogens (tertiary/aromatic N) is 4. The Morgan fingerprint density at radius 2 is 1.75 bits per heavy atom. The van der Waals surface area contributed by atoms with Crippen molar-refractivity contribution in [1.82, 2.24) is 19.6 Å². The first kappa shape index (κ1) is 22.7. The summed E-state index contributed by atoms with van der Waals surface area (Å²) in [5.41, 5.74) is 1.17. The van der Waals surface area contributed by atoms with E-state index in [4.69, 9.17) is 39.5 Å². The van der Waals surface area contributed by atoms with E-state index in [0.29, 0.717) is 33.2 Å². The fourth-order valence-corrected chi connectivity index (χ4v) is 3.85. The molecule has 164 valence electrons. The Morgan fingerprint density at radius 3 is 2.53 bits per heavy atom. The monoisotopic (exact) mass is 553 g/mol. The fraction of sp³-hybridized carbons (Fsp3) is 0.0952. The van der Waals surface area contributed by atoms with Crippen molar-refractivity contribution in [3.63, 3.8) is 0 Å². The van der Waals surface area contributed by atoms with Crippen molar-refractivity contribution in [1.29, 1.82) is 0 Å². The second-order valence-electron chi connectivity index (χ2n) is 6.69. The Balaban J connectivity index is 1.34. The molecule has 1 N–H and O–H groups in total. The third-order valence-electron chi connectivity index (χ3n) is 4.33. The van der Waals surface area contributed by atoms with Gasteiger partial charge in [0, 0.05) is 22.9 Å². The van der Waals surface area contributed by atoms with Crippen LogP contribution < -0.4 is 10.1 Å². The van der Waals surface area contributed by atoms with Crippen molar-refractivity contribution in [2.24, 2.45) is 0 Å². The number of nitrogens with one attached hydrogen (secondary N) is 1. The first-order chi connectivity index (χ1) is 15.4. The zero-order valence-electron chi connectivity index (χ0n) is 16.3. The first-order valence-corrected chi connectivity index (χ1v) is 11.2. The lowest BCUT2D eigenvalue weighted by molar-refractivity contribution is 0.101. The van der Waals surface area contributed by atoms with Crippen LogP contribution in [0.4, 0.5) is 5.82 Å². The van der Waals surface area contributed by atoms with Crippen LogP contribution in [0.3, 0.4) is 0 Å². The number of carbonyl (C=O) groups is 1. The molecule has 1 amide bonds. The minimum Gasteiger partial charge on any atom is -0.470 e. The molecule has 32 heavy (non-hydrogen) atoms. The lowest BCUT2D eigenvalue weighted by atomic mass is 10.2. The lowest BCUT2D eigenvalue weighted by Crippen LogP contribution is -2.15. The van der Waals surface area contributed by atoms with Gasteiger partial charge >= 0.3 is 0 Å². The Bertz CT molecular complexity index is 1270. The smallest absolute Gasteiger partial charge is 0.277 e. The third-order valence-corrected chi connectivity index (χ3v) is 5.86. The number of benzene rings is 2. The summed E-state index contributed by atoms with van der Waals surface area (Å²) in [7, 11) is 0. The largest absolute Gasteiger partial charge is 0.470 e. The summed E-state index contributed by atoms with van der Waals surface area (Å²) >= 11 is 21.5. The van der Waals surface area contributed by atoms with Gasteiger partial charge in [0.1, 0.15) is 5.75 Å². The summed E-state index contributed by atoms with van der Waals surface area (Å²) in [6.07, 6.45) is 3.40. The maximum Gasteiger partial charge on any atom is 0.277 e. The van der Waals surface area contributed by atoms with Crippen molar-refractivity contribution in [3.05, 3.63) is 91.7 Å². The van der Waals surface area contributed by atoms with Crippen LogP contribution in [0, 0.1) is 0 Å². The van der Waals surface area contributed by atoms with Gasteiger partial charge in [-0.25, -0.2) is 4.68 Å². The van der Waals surface area contributed by atoms with Crippen molar-refractivity contribution in [2.45, 2.75) is 13.3 Å². The molecule has 0 saturated heterocycles. The lowest BCUT2D eigenvalue weighted by Gasteiger charge is -2.08. The first-order valence-electron chi connectivity index (χ1n) is 9.27. The molecule has 0 aliphatic heterocycles. The molecule has 2 aromatic heterocycles. The van der Waals surface area contributed by atoms with E-state index >= 15 is 0 Å². The van der Waals surface area contributed by atoms with Crippen LogP contribution in [0.2, 0.25) is 15.1 Å². The van der Waals surface area contributed by atoms with Crippen LogP contribution in [0.15, 0.2) is 65.4 Å². The Morgan fingerprint density at radius 1 is 0.938 bits per heavy atom. The van der Waals surface area contributed by atoms with Crippen LogP contribution in [-0.4, -0.2) is 25.5 Å². The zero-order chi connectivity index (χ0) is 22.7. The maximum absolute atomic E-state index is 12.5. The van der Waals surface area contributed by atoms with Crippen LogP contribution in [0.25, 0.3) is 0 Å². The normalized spacial score (nSPS) is 10.9. The summed E-state index contributed by atoms with van der Waals surface area (Å²) in [4.78, 5) is 12.5. The highest BCUT2D eigenvalue weighted by Gasteiger charge is 2.12. The SMILES string of the molecule is O=C(Nc1ccn(Cc2ccc(Cl)c(Cl)c2)n1)c1ccn(COc2ccc(Br)cc2Cl)n1. The number of anilines is 1. The van der Waals surface area contributed by atoms with E-state index in [9.17, 15) is 4.79 Å². The molecule has 0 saturated carbocycles. The molecule has 4 rings (SSSR count). The molecule has 0 aliphatic rings. The van der Waals surface area contributed by atoms with Gasteiger partial charge in [-0.2, -0.15) is 10.2 Å². The minimum absolute atomic E-state index is 0.104. The Kier molecular flexibility index (Phi) is 7.05. The number of hydrogen-bond acceptors (Lipinski definition) is 4. The van der Waals surface area contributed by atoms with E-state index in [1.807, 2.05) is 12.1 Å². The quantitative estimate of drug-likeness (QED) is 0.297. The number of amides is 1. The zero-order valence-corrected chi connectivity index (χ0v) is 20.2. The number of ether oxygens (including phenoxy) is 1. The Labute approximate surface area is 207 Å². The fourth-order valence-electron chi connectivity index (χ4n) is 2.80. The summed E-state index contributed by atoms with van der Waals surface area (Å²) in [6.45, 7) is 0.588. The summed E-state index contributed by atoms with van der Waals surface area (Å²) in [6, 6.07) is 14.0. The second-order valence-corrected chi connectivity index (χ2v) is 8.83. The van der Waals surface area contributed by atoms with Gasteiger partial charge in [-0.1, -0.05) is 56.8 Å². The van der Waals surface area contributed by atoms with E-state index in [0.717, 1.165) is 10.0 Å². The summed E-state index contributed by atoms with van der Waals surface area (Å²) < 4.78 is 9.68. The molecule has 0 fully saturated rings. The molecule has 0 spiro atoms. The number of rotatable bonds is 7. The highest BCUT2D eigenvalue weighted by atomic mass is 79.9. The molecule has 0 unspecified atom stereocenters. The van der Waals surface area contributed by atoms with Gasteiger partial charge in [0.25, 0.3) is 5.91 Å². The molecule has 0 aliphatic carbocycles. The molecule has 2 heterocycles. The van der Waals surface area contributed by atoms with Gasteiger partial charge in [0.2, 0.25) is 0 Å². The molecule has 11 heteroatoms. The van der Waals surface area contributed by atoms with E-state index in [-0.39, 0.29) is 18.3 Å². The van der Waals surface area contributed by atoms with Crippen LogP contribution in [0.1, 0.15) is 16.1 Å². The van der Waals surface area contributed by atoms with Crippen molar-refractivity contribution in [3.8, 4) is 5.75 Å². The van der Waals surface area contributed by atoms with Crippen LogP contribution in [0.5, 0.6) is 5.75 Å². The molecule has 4 aromatic rings. The molecule has 0 atom stereocenters. The van der Waals surface area contributed by atoms with Crippen LogP contribution in [-0.2, 0) is 13.3 Å². The third kappa shape index (κ3) is 5.63. The van der Waals surface area contributed by atoms with Gasteiger partial charge < -0.3 is 10.1 Å². The van der Waals surface area contributed by atoms with Crippen molar-refractivity contribution in [2.75, 3.05) is 5.32 Å². The topological polar surface area (TPSA) is 74.0 Å². The number of aromatic nitrogens is 4. The van der Waals surface area contributed by atoms with Crippen molar-refractivity contribution >= 4 is 62.5 Å². The molecular weight excluding hydrogens is 541 g/mol. The van der Waals surface area contributed by atoms with E-state index in [1.54, 1.807) is 53.5 Å². The van der Waals surface area contributed by atoms with Gasteiger partial charge in [-0.15, -0.1) is 0 Å². The molecular formula is C21H15BrCl3N5O2. The minimum atomic E-state index is -0.384. The highest BCUT2D eigenvalue weighted by molar-refractivity contribution is 9.10. The predicted octanol–water partition coefficient (Wildman–Crippen LogP) is 6.14. The molecule has 0 radical (unpaired) electrons. The predicted molar refractivity (Wildman–Crippen MR) is 128 cm³/mol. The second kappa shape index (κ2) is 9.95. The van der Waals surface area contributed by atoms with E-state index in [2.05, 4.69) is 31.4 Å². The van der Waals surface area contributed by atoms with E-state index in [1.165, 1.54) is 4.68 Å². The van der Waals surface area contributed by atoms with Gasteiger partial charge in [0.05, 0.1) is 21.6 Å². The number of halogens is 4. The van der Waals surface area contributed by atoms with Gasteiger partial charge in [-0.05, 0) is 42.0 Å². The average molecular weight is 556 g/mol. The van der Waals surface area contributed by atoms with Gasteiger partial charge in [0.15, 0.2) is 18.2 Å². The van der Waals surface area contributed by atoms with Crippen molar-refractivity contribution < 1.29 is 9.53 Å². The summed E-state index contributed by atoms with van der Waals surface area (Å²) in [5.74, 6) is 0.539. The van der Waals surface area contributed by atoms with E-state index < -0.39 is 0 Å². The molecule has 7 nitrogen and oxygen atoms in total. The standard InChI is InChI=1S/C21H15BrCl3N5O2/c22-14-2-4-19(17(25)10-14)32-12-30-7-5-18(27-30)21(31)26-20-6-8-29(28-20)11-13-1-3-15(23)16(24)9-13/h1-10H,11-12H2,(H,26,28,31). The maximum atomic E-state index is 12.5. The Hall–Kier alpha value is -2.52. The summed E-state index contributed by atoms with van der Waals surface area (Å²) in [5, 5.41) is 12.8. The van der Waals surface area contributed by atoms with Gasteiger partial charge in [-0.3, -0.25) is 9.48 Å². The van der Waals surface area contributed by atoms with Crippen LogP contribution >= 0.6 is 50.7 Å². The highest BCUT2D eigenvalue weighted by Crippen LogP contribution is 2.28. The average Bonchev–Trinajstić information content (AvgIpc) is 3.40. The molecule has 2 aromatic carbocycles. The number of hydrogen-bond donors (Lipinski definition) is 1. The number of carbonyl (C=O) groups excluding carboxylic acids is 1. The molecule has 0 bridgehead atoms.